The number of hydrogen-bond acceptors (Lipinski definition) is 6. The Hall–Kier alpha value is -2.45. The zero-order valence-electron chi connectivity index (χ0n) is 16.4. The van der Waals surface area contributed by atoms with Crippen LogP contribution >= 0.6 is 0 Å². The number of fused-ring (bicyclic) bond motifs is 1. The molecule has 0 amide bonds. The Balaban J connectivity index is 1.60. The molecule has 0 radical (unpaired) electrons. The van der Waals surface area contributed by atoms with E-state index < -0.39 is 11.6 Å². The monoisotopic (exact) mass is 402 g/mol. The van der Waals surface area contributed by atoms with Crippen LogP contribution in [0.3, 0.4) is 0 Å². The first-order valence-corrected chi connectivity index (χ1v) is 9.89. The number of anilines is 1. The number of piperazine rings is 1. The summed E-state index contributed by atoms with van der Waals surface area (Å²) in [6, 6.07) is 3.42. The second-order valence-electron chi connectivity index (χ2n) is 7.71. The quantitative estimate of drug-likeness (QED) is 0.845. The Morgan fingerprint density at radius 2 is 1.76 bits per heavy atom. The standard InChI is InChI=1S/C21H24F2N4O2/c1-13-20-18(25-21(24-13)27-4-2-26(3-5-27)6-7-28)10-15(11-19(20)29)14-8-16(22)12-17(23)9-14/h8-9,12,15,28H,2-7,10-11H2,1H3/t15-/m1/s1. The Morgan fingerprint density at radius 1 is 1.07 bits per heavy atom. The molecule has 1 aliphatic carbocycles. The molecule has 1 saturated heterocycles. The smallest absolute Gasteiger partial charge is 0.225 e. The van der Waals surface area contributed by atoms with Gasteiger partial charge < -0.3 is 10.0 Å². The lowest BCUT2D eigenvalue weighted by Gasteiger charge is -2.35. The van der Waals surface area contributed by atoms with Gasteiger partial charge in [-0.1, -0.05) is 0 Å². The largest absolute Gasteiger partial charge is 0.395 e. The van der Waals surface area contributed by atoms with Gasteiger partial charge in [-0.25, -0.2) is 18.7 Å². The van der Waals surface area contributed by atoms with Crippen molar-refractivity contribution in [3.8, 4) is 0 Å². The zero-order valence-corrected chi connectivity index (χ0v) is 16.4. The molecule has 2 aliphatic rings. The first-order chi connectivity index (χ1) is 13.9. The normalized spacial score (nSPS) is 20.1. The van der Waals surface area contributed by atoms with Crippen molar-refractivity contribution in [2.45, 2.75) is 25.7 Å². The molecule has 1 fully saturated rings. The highest BCUT2D eigenvalue weighted by Crippen LogP contribution is 2.34. The van der Waals surface area contributed by atoms with Crippen LogP contribution < -0.4 is 4.90 Å². The van der Waals surface area contributed by atoms with Gasteiger partial charge in [0.15, 0.2) is 5.78 Å². The predicted molar refractivity (Wildman–Crippen MR) is 104 cm³/mol. The number of aryl methyl sites for hydroxylation is 1. The average molecular weight is 402 g/mol. The summed E-state index contributed by atoms with van der Waals surface area (Å²) in [6.07, 6.45) is 0.643. The Bertz CT molecular complexity index is 909. The highest BCUT2D eigenvalue weighted by atomic mass is 19.1. The summed E-state index contributed by atoms with van der Waals surface area (Å²) in [6.45, 7) is 5.70. The lowest BCUT2D eigenvalue weighted by atomic mass is 9.81. The number of aliphatic hydroxyl groups is 1. The summed E-state index contributed by atoms with van der Waals surface area (Å²) < 4.78 is 27.3. The van der Waals surface area contributed by atoms with Crippen LogP contribution in [0.25, 0.3) is 0 Å². The maximum absolute atomic E-state index is 13.7. The first kappa shape index (κ1) is 19.8. The molecule has 4 rings (SSSR count). The van der Waals surface area contributed by atoms with Crippen LogP contribution in [-0.4, -0.2) is 65.1 Å². The minimum atomic E-state index is -0.640. The molecule has 0 bridgehead atoms. The highest BCUT2D eigenvalue weighted by molar-refractivity contribution is 5.99. The number of carbonyl (C=O) groups is 1. The fourth-order valence-electron chi connectivity index (χ4n) is 4.26. The van der Waals surface area contributed by atoms with Crippen LogP contribution in [-0.2, 0) is 6.42 Å². The van der Waals surface area contributed by atoms with E-state index in [-0.39, 0.29) is 24.7 Å². The van der Waals surface area contributed by atoms with Crippen LogP contribution in [0.2, 0.25) is 0 Å². The van der Waals surface area contributed by atoms with E-state index in [0.29, 0.717) is 41.4 Å². The zero-order chi connectivity index (χ0) is 20.5. The Labute approximate surface area is 168 Å². The summed E-state index contributed by atoms with van der Waals surface area (Å²) >= 11 is 0. The van der Waals surface area contributed by atoms with Crippen molar-refractivity contribution in [3.05, 3.63) is 52.3 Å². The molecule has 0 unspecified atom stereocenters. The van der Waals surface area contributed by atoms with Crippen molar-refractivity contribution in [2.24, 2.45) is 0 Å². The van der Waals surface area contributed by atoms with Crippen molar-refractivity contribution in [2.75, 3.05) is 44.2 Å². The van der Waals surface area contributed by atoms with Crippen LogP contribution in [0.5, 0.6) is 0 Å². The molecule has 29 heavy (non-hydrogen) atoms. The van der Waals surface area contributed by atoms with Gasteiger partial charge in [-0.15, -0.1) is 0 Å². The maximum Gasteiger partial charge on any atom is 0.225 e. The molecule has 1 aromatic heterocycles. The molecular weight excluding hydrogens is 378 g/mol. The molecule has 6 nitrogen and oxygen atoms in total. The van der Waals surface area contributed by atoms with E-state index in [9.17, 15) is 13.6 Å². The van der Waals surface area contributed by atoms with Crippen LogP contribution in [0, 0.1) is 18.6 Å². The Morgan fingerprint density at radius 3 is 2.41 bits per heavy atom. The van der Waals surface area contributed by atoms with Gasteiger partial charge in [0.25, 0.3) is 0 Å². The van der Waals surface area contributed by atoms with E-state index in [4.69, 9.17) is 5.11 Å². The third-order valence-electron chi connectivity index (χ3n) is 5.73. The number of halogens is 2. The third-order valence-corrected chi connectivity index (χ3v) is 5.73. The summed E-state index contributed by atoms with van der Waals surface area (Å²) in [5.41, 5.74) is 2.32. The summed E-state index contributed by atoms with van der Waals surface area (Å²) in [7, 11) is 0. The number of aliphatic hydroxyl groups excluding tert-OH is 1. The minimum Gasteiger partial charge on any atom is -0.395 e. The maximum atomic E-state index is 13.7. The molecule has 2 aromatic rings. The first-order valence-electron chi connectivity index (χ1n) is 9.89. The van der Waals surface area contributed by atoms with Crippen molar-refractivity contribution < 1.29 is 18.7 Å². The number of β-amino-alcohol motifs (C(OH)–C–C–N with tert-alkyl or cyclic N) is 1. The highest BCUT2D eigenvalue weighted by Gasteiger charge is 2.31. The molecule has 2 heterocycles. The molecule has 1 aliphatic heterocycles. The van der Waals surface area contributed by atoms with E-state index in [1.165, 1.54) is 12.1 Å². The van der Waals surface area contributed by atoms with Gasteiger partial charge in [0, 0.05) is 45.2 Å². The van der Waals surface area contributed by atoms with Gasteiger partial charge in [-0.2, -0.15) is 0 Å². The number of rotatable bonds is 4. The number of nitrogens with zero attached hydrogens (tertiary/aromatic N) is 4. The van der Waals surface area contributed by atoms with Gasteiger partial charge in [-0.3, -0.25) is 9.69 Å². The van der Waals surface area contributed by atoms with E-state index in [2.05, 4.69) is 19.8 Å². The fourth-order valence-corrected chi connectivity index (χ4v) is 4.26. The van der Waals surface area contributed by atoms with Gasteiger partial charge in [0.05, 0.1) is 23.6 Å². The summed E-state index contributed by atoms with van der Waals surface area (Å²) in [5.74, 6) is -1.08. The molecular formula is C21H24F2N4O2. The van der Waals surface area contributed by atoms with Gasteiger partial charge in [0.1, 0.15) is 11.6 Å². The van der Waals surface area contributed by atoms with Crippen molar-refractivity contribution in [1.82, 2.24) is 14.9 Å². The topological polar surface area (TPSA) is 69.6 Å². The molecule has 0 saturated carbocycles. The molecule has 1 aromatic carbocycles. The predicted octanol–water partition coefficient (Wildman–Crippen LogP) is 2.09. The number of ketones is 1. The van der Waals surface area contributed by atoms with E-state index in [0.717, 1.165) is 32.2 Å². The Kier molecular flexibility index (Phi) is 5.56. The number of hydrogen-bond donors (Lipinski definition) is 1. The number of Topliss-reactive ketones (excluding diaryl/α,β-unsaturated/α-hetero) is 1. The SMILES string of the molecule is Cc1nc(N2CCN(CCO)CC2)nc2c1C(=O)C[C@H](c1cc(F)cc(F)c1)C2. The minimum absolute atomic E-state index is 0.0854. The van der Waals surface area contributed by atoms with Crippen molar-refractivity contribution in [1.29, 1.82) is 0 Å². The summed E-state index contributed by atoms with van der Waals surface area (Å²) in [5, 5.41) is 9.09. The van der Waals surface area contributed by atoms with Crippen LogP contribution in [0.4, 0.5) is 14.7 Å². The number of aromatic nitrogens is 2. The van der Waals surface area contributed by atoms with Crippen molar-refractivity contribution >= 4 is 11.7 Å². The lowest BCUT2D eigenvalue weighted by molar-refractivity contribution is 0.0961. The van der Waals surface area contributed by atoms with Crippen molar-refractivity contribution in [3.63, 3.8) is 0 Å². The van der Waals surface area contributed by atoms with Gasteiger partial charge in [0.2, 0.25) is 5.95 Å². The molecule has 1 N–H and O–H groups in total. The number of carbonyl (C=O) groups excluding carboxylic acids is 1. The van der Waals surface area contributed by atoms with E-state index in [1.54, 1.807) is 0 Å². The lowest BCUT2D eigenvalue weighted by Crippen LogP contribution is -2.48. The number of benzene rings is 1. The van der Waals surface area contributed by atoms with Crippen LogP contribution in [0.15, 0.2) is 18.2 Å². The average Bonchev–Trinajstić information content (AvgIpc) is 2.67. The van der Waals surface area contributed by atoms with Gasteiger partial charge >= 0.3 is 0 Å². The second-order valence-corrected chi connectivity index (χ2v) is 7.71. The molecule has 154 valence electrons. The second kappa shape index (κ2) is 8.12. The van der Waals surface area contributed by atoms with E-state index in [1.807, 2.05) is 6.92 Å². The molecule has 8 heteroatoms. The van der Waals surface area contributed by atoms with E-state index >= 15 is 0 Å². The molecule has 1 atom stereocenters. The molecule has 0 spiro atoms. The summed E-state index contributed by atoms with van der Waals surface area (Å²) in [4.78, 5) is 26.3. The fraction of sp³-hybridized carbons (Fsp3) is 0.476. The third kappa shape index (κ3) is 4.13. The van der Waals surface area contributed by atoms with Crippen LogP contribution in [0.1, 0.15) is 39.6 Å². The van der Waals surface area contributed by atoms with Gasteiger partial charge in [-0.05, 0) is 37.0 Å².